The summed E-state index contributed by atoms with van der Waals surface area (Å²) in [6.45, 7) is 4.00. The van der Waals surface area contributed by atoms with Crippen LogP contribution < -0.4 is 4.74 Å². The molecule has 0 spiro atoms. The number of hydrogen-bond acceptors (Lipinski definition) is 3. The average molecular weight is 467 g/mol. The Kier molecular flexibility index (Phi) is 5.39. The van der Waals surface area contributed by atoms with Gasteiger partial charge in [-0.3, -0.25) is 0 Å². The third kappa shape index (κ3) is 4.19. The first kappa shape index (κ1) is 19.6. The lowest BCUT2D eigenvalue weighted by Gasteiger charge is -2.12. The largest absolute Gasteiger partial charge is 0.423 e. The Labute approximate surface area is 182 Å². The van der Waals surface area contributed by atoms with Crippen molar-refractivity contribution in [2.45, 2.75) is 13.8 Å². The van der Waals surface area contributed by atoms with E-state index in [9.17, 15) is 4.79 Å². The van der Waals surface area contributed by atoms with Gasteiger partial charge in [0.2, 0.25) is 0 Å². The van der Waals surface area contributed by atoms with Crippen LogP contribution in [0.15, 0.2) is 71.2 Å². The molecule has 29 heavy (non-hydrogen) atoms. The topological polar surface area (TPSA) is 39.2 Å². The summed E-state index contributed by atoms with van der Waals surface area (Å²) in [7, 11) is 0. The molecule has 0 saturated carbocycles. The molecule has 3 aromatic carbocycles. The maximum absolute atomic E-state index is 13.1. The van der Waals surface area contributed by atoms with Crippen LogP contribution in [0.1, 0.15) is 21.5 Å². The van der Waals surface area contributed by atoms with Crippen LogP contribution in [0.3, 0.4) is 0 Å². The molecule has 4 aromatic rings. The minimum Gasteiger partial charge on any atom is -0.423 e. The molecule has 0 unspecified atom stereocenters. The summed E-state index contributed by atoms with van der Waals surface area (Å²) in [4.78, 5) is 17.9. The zero-order chi connectivity index (χ0) is 20.5. The highest BCUT2D eigenvalue weighted by Gasteiger charge is 2.18. The SMILES string of the molecule is Cc1cc(C)c2nc(-c3ccc(Cl)cc3)cc(C(=O)Oc3ccc(Br)cc3)c2c1. The Balaban J connectivity index is 1.86. The van der Waals surface area contributed by atoms with Gasteiger partial charge in [0.1, 0.15) is 5.75 Å². The Morgan fingerprint density at radius 1 is 0.966 bits per heavy atom. The van der Waals surface area contributed by atoms with Gasteiger partial charge < -0.3 is 4.74 Å². The molecule has 1 heterocycles. The Morgan fingerprint density at radius 2 is 1.66 bits per heavy atom. The van der Waals surface area contributed by atoms with Crippen molar-refractivity contribution in [2.75, 3.05) is 0 Å². The minimum atomic E-state index is -0.417. The molecule has 0 aliphatic rings. The van der Waals surface area contributed by atoms with Crippen molar-refractivity contribution >= 4 is 44.4 Å². The Morgan fingerprint density at radius 3 is 2.34 bits per heavy atom. The van der Waals surface area contributed by atoms with E-state index in [-0.39, 0.29) is 0 Å². The van der Waals surface area contributed by atoms with Crippen molar-refractivity contribution in [3.63, 3.8) is 0 Å². The summed E-state index contributed by atoms with van der Waals surface area (Å²) in [5, 5.41) is 1.43. The monoisotopic (exact) mass is 465 g/mol. The third-order valence-electron chi connectivity index (χ3n) is 4.63. The summed E-state index contributed by atoms with van der Waals surface area (Å²) in [6, 6.07) is 20.4. The number of carbonyl (C=O) groups excluding carboxylic acids is 1. The van der Waals surface area contributed by atoms with Crippen molar-refractivity contribution in [2.24, 2.45) is 0 Å². The molecule has 0 radical (unpaired) electrons. The number of nitrogens with zero attached hydrogens (tertiary/aromatic N) is 1. The van der Waals surface area contributed by atoms with Crippen molar-refractivity contribution in [1.82, 2.24) is 4.98 Å². The Bertz CT molecular complexity index is 1220. The van der Waals surface area contributed by atoms with Crippen LogP contribution in [0.25, 0.3) is 22.2 Å². The van der Waals surface area contributed by atoms with Crippen LogP contribution >= 0.6 is 27.5 Å². The summed E-state index contributed by atoms with van der Waals surface area (Å²) < 4.78 is 6.56. The van der Waals surface area contributed by atoms with Crippen molar-refractivity contribution in [3.05, 3.63) is 92.9 Å². The number of hydrogen-bond donors (Lipinski definition) is 0. The summed E-state index contributed by atoms with van der Waals surface area (Å²) in [5.74, 6) is 0.0699. The highest BCUT2D eigenvalue weighted by molar-refractivity contribution is 9.10. The fourth-order valence-corrected chi connectivity index (χ4v) is 3.67. The number of pyridine rings is 1. The first-order chi connectivity index (χ1) is 13.9. The van der Waals surface area contributed by atoms with Crippen LogP contribution in [0.4, 0.5) is 0 Å². The highest BCUT2D eigenvalue weighted by Crippen LogP contribution is 2.29. The Hall–Kier alpha value is -2.69. The van der Waals surface area contributed by atoms with Crippen LogP contribution in [0.5, 0.6) is 5.75 Å². The molecule has 0 bridgehead atoms. The van der Waals surface area contributed by atoms with Gasteiger partial charge in [0.25, 0.3) is 0 Å². The van der Waals surface area contributed by atoms with Gasteiger partial charge in [-0.2, -0.15) is 0 Å². The van der Waals surface area contributed by atoms with Gasteiger partial charge in [0.15, 0.2) is 0 Å². The molecule has 4 rings (SSSR count). The summed E-state index contributed by atoms with van der Waals surface area (Å²) in [5.41, 5.74) is 4.92. The number of carbonyl (C=O) groups is 1. The molecule has 0 N–H and O–H groups in total. The molecule has 0 atom stereocenters. The van der Waals surface area contributed by atoms with Crippen LogP contribution in [0.2, 0.25) is 5.02 Å². The van der Waals surface area contributed by atoms with Crippen LogP contribution in [-0.4, -0.2) is 11.0 Å². The summed E-state index contributed by atoms with van der Waals surface area (Å²) in [6.07, 6.45) is 0. The molecule has 1 aromatic heterocycles. The molecule has 0 saturated heterocycles. The van der Waals surface area contributed by atoms with Gasteiger partial charge in [-0.1, -0.05) is 51.3 Å². The molecule has 144 valence electrons. The number of halogens is 2. The molecular weight excluding hydrogens is 450 g/mol. The molecule has 0 aliphatic carbocycles. The second-order valence-corrected chi connectivity index (χ2v) is 8.24. The molecule has 0 aliphatic heterocycles. The number of rotatable bonds is 3. The maximum atomic E-state index is 13.1. The number of aromatic nitrogens is 1. The minimum absolute atomic E-state index is 0.417. The van der Waals surface area contributed by atoms with Gasteiger partial charge in [-0.25, -0.2) is 9.78 Å². The van der Waals surface area contributed by atoms with E-state index in [1.54, 1.807) is 18.2 Å². The zero-order valence-corrected chi connectivity index (χ0v) is 18.2. The lowest BCUT2D eigenvalue weighted by atomic mass is 10.00. The van der Waals surface area contributed by atoms with E-state index < -0.39 is 5.97 Å². The fraction of sp³-hybridized carbons (Fsp3) is 0.0833. The fourth-order valence-electron chi connectivity index (χ4n) is 3.28. The average Bonchev–Trinajstić information content (AvgIpc) is 2.69. The number of aryl methyl sites for hydroxylation is 2. The van der Waals surface area contributed by atoms with Gasteiger partial charge >= 0.3 is 5.97 Å². The van der Waals surface area contributed by atoms with Crippen LogP contribution in [-0.2, 0) is 0 Å². The van der Waals surface area contributed by atoms with E-state index in [1.807, 2.05) is 56.3 Å². The van der Waals surface area contributed by atoms with E-state index in [4.69, 9.17) is 21.3 Å². The quantitative estimate of drug-likeness (QED) is 0.238. The normalized spacial score (nSPS) is 10.9. The van der Waals surface area contributed by atoms with E-state index in [2.05, 4.69) is 22.0 Å². The van der Waals surface area contributed by atoms with Gasteiger partial charge in [0, 0.05) is 20.4 Å². The van der Waals surface area contributed by atoms with Crippen molar-refractivity contribution in [3.8, 4) is 17.0 Å². The highest BCUT2D eigenvalue weighted by atomic mass is 79.9. The smallest absolute Gasteiger partial charge is 0.344 e. The molecule has 0 amide bonds. The number of fused-ring (bicyclic) bond motifs is 1. The predicted octanol–water partition coefficient (Wildman–Crippen LogP) is 7.15. The first-order valence-corrected chi connectivity index (χ1v) is 10.2. The van der Waals surface area contributed by atoms with E-state index >= 15 is 0 Å². The number of esters is 1. The summed E-state index contributed by atoms with van der Waals surface area (Å²) >= 11 is 9.41. The predicted molar refractivity (Wildman–Crippen MR) is 121 cm³/mol. The molecule has 5 heteroatoms. The lowest BCUT2D eigenvalue weighted by molar-refractivity contribution is 0.0737. The lowest BCUT2D eigenvalue weighted by Crippen LogP contribution is -2.10. The molecular formula is C24H17BrClNO2. The molecule has 0 fully saturated rings. The van der Waals surface area contributed by atoms with Crippen LogP contribution in [0, 0.1) is 13.8 Å². The van der Waals surface area contributed by atoms with Gasteiger partial charge in [-0.05, 0) is 67.9 Å². The van der Waals surface area contributed by atoms with Crippen molar-refractivity contribution in [1.29, 1.82) is 0 Å². The standard InChI is InChI=1S/C24H17BrClNO2/c1-14-11-15(2)23-20(12-14)21(24(28)29-19-9-5-17(25)6-10-19)13-22(27-23)16-3-7-18(26)8-4-16/h3-13H,1-2H3. The maximum Gasteiger partial charge on any atom is 0.344 e. The van der Waals surface area contributed by atoms with E-state index in [0.717, 1.165) is 32.1 Å². The zero-order valence-electron chi connectivity index (χ0n) is 15.9. The van der Waals surface area contributed by atoms with E-state index in [0.29, 0.717) is 22.0 Å². The molecule has 3 nitrogen and oxygen atoms in total. The third-order valence-corrected chi connectivity index (χ3v) is 5.41. The number of ether oxygens (including phenoxy) is 1. The number of benzene rings is 3. The van der Waals surface area contributed by atoms with Crippen molar-refractivity contribution < 1.29 is 9.53 Å². The second kappa shape index (κ2) is 7.97. The first-order valence-electron chi connectivity index (χ1n) is 9.06. The van der Waals surface area contributed by atoms with Gasteiger partial charge in [0.05, 0.1) is 16.8 Å². The van der Waals surface area contributed by atoms with Gasteiger partial charge in [-0.15, -0.1) is 0 Å². The van der Waals surface area contributed by atoms with E-state index in [1.165, 1.54) is 0 Å². The second-order valence-electron chi connectivity index (χ2n) is 6.88.